The van der Waals surface area contributed by atoms with Gasteiger partial charge in [0, 0.05) is 30.1 Å². The summed E-state index contributed by atoms with van der Waals surface area (Å²) >= 11 is 2.16. The molecule has 1 rings (SSSR count). The van der Waals surface area contributed by atoms with E-state index in [1.54, 1.807) is 0 Å². The van der Waals surface area contributed by atoms with Crippen molar-refractivity contribution in [3.8, 4) is 0 Å². The van der Waals surface area contributed by atoms with E-state index in [0.29, 0.717) is 6.04 Å². The maximum absolute atomic E-state index is 3.46. The lowest BCUT2D eigenvalue weighted by atomic mass is 10.0. The summed E-state index contributed by atoms with van der Waals surface area (Å²) < 4.78 is 0. The van der Waals surface area contributed by atoms with E-state index < -0.39 is 0 Å². The summed E-state index contributed by atoms with van der Waals surface area (Å²) in [6.45, 7) is 14.1. The highest BCUT2D eigenvalue weighted by molar-refractivity contribution is 8.00. The first kappa shape index (κ1) is 14.3. The van der Waals surface area contributed by atoms with Crippen LogP contribution in [0, 0.1) is 5.92 Å². The number of hydrogen-bond acceptors (Lipinski definition) is 3. The molecule has 3 atom stereocenters. The Balaban J connectivity index is 2.36. The number of thioether (sulfide) groups is 1. The van der Waals surface area contributed by atoms with Crippen LogP contribution < -0.4 is 5.32 Å². The lowest BCUT2D eigenvalue weighted by molar-refractivity contribution is 0.164. The normalized spacial score (nSPS) is 26.6. The molecule has 0 amide bonds. The van der Waals surface area contributed by atoms with Crippen molar-refractivity contribution >= 4 is 11.8 Å². The fourth-order valence-corrected chi connectivity index (χ4v) is 3.47. The van der Waals surface area contributed by atoms with E-state index in [1.807, 2.05) is 0 Å². The Labute approximate surface area is 106 Å². The molecule has 16 heavy (non-hydrogen) atoms. The standard InChI is InChI=1S/C13H28N2S/c1-5-13-10-15(7-8-16-13)12(4)11(3)9-14-6-2/h11-14H,5-10H2,1-4H3. The molecule has 0 saturated carbocycles. The number of hydrogen-bond donors (Lipinski definition) is 1. The van der Waals surface area contributed by atoms with Gasteiger partial charge >= 0.3 is 0 Å². The van der Waals surface area contributed by atoms with Crippen LogP contribution in [0.15, 0.2) is 0 Å². The lowest BCUT2D eigenvalue weighted by Crippen LogP contribution is -2.47. The highest BCUT2D eigenvalue weighted by Gasteiger charge is 2.25. The molecule has 1 fully saturated rings. The summed E-state index contributed by atoms with van der Waals surface area (Å²) in [4.78, 5) is 2.69. The Morgan fingerprint density at radius 3 is 2.75 bits per heavy atom. The zero-order valence-corrected chi connectivity index (χ0v) is 12.1. The quantitative estimate of drug-likeness (QED) is 0.772. The maximum atomic E-state index is 3.46. The van der Waals surface area contributed by atoms with Gasteiger partial charge in [-0.1, -0.05) is 20.8 Å². The van der Waals surface area contributed by atoms with Crippen molar-refractivity contribution in [2.24, 2.45) is 5.92 Å². The van der Waals surface area contributed by atoms with Gasteiger partial charge in [0.2, 0.25) is 0 Å². The maximum Gasteiger partial charge on any atom is 0.0172 e. The van der Waals surface area contributed by atoms with Gasteiger partial charge in [-0.2, -0.15) is 11.8 Å². The molecule has 0 radical (unpaired) electrons. The molecule has 0 aromatic heterocycles. The third-order valence-corrected chi connectivity index (χ3v) is 5.11. The summed E-state index contributed by atoms with van der Waals surface area (Å²) in [5, 5.41) is 4.32. The molecule has 1 heterocycles. The van der Waals surface area contributed by atoms with E-state index in [4.69, 9.17) is 0 Å². The summed E-state index contributed by atoms with van der Waals surface area (Å²) in [7, 11) is 0. The SMILES string of the molecule is CCNCC(C)C(C)N1CCSC(CC)C1. The van der Waals surface area contributed by atoms with Crippen molar-refractivity contribution in [2.45, 2.75) is 45.4 Å². The van der Waals surface area contributed by atoms with Crippen LogP contribution in [-0.2, 0) is 0 Å². The van der Waals surface area contributed by atoms with Gasteiger partial charge in [-0.25, -0.2) is 0 Å². The van der Waals surface area contributed by atoms with Crippen LogP contribution in [0.4, 0.5) is 0 Å². The number of rotatable bonds is 6. The van der Waals surface area contributed by atoms with Crippen molar-refractivity contribution in [3.63, 3.8) is 0 Å². The largest absolute Gasteiger partial charge is 0.317 e. The van der Waals surface area contributed by atoms with E-state index in [9.17, 15) is 0 Å². The molecule has 0 aromatic rings. The number of nitrogens with zero attached hydrogens (tertiary/aromatic N) is 1. The molecule has 2 nitrogen and oxygen atoms in total. The van der Waals surface area contributed by atoms with Crippen molar-refractivity contribution in [1.29, 1.82) is 0 Å². The Hall–Kier alpha value is 0.270. The predicted molar refractivity (Wildman–Crippen MR) is 75.3 cm³/mol. The Morgan fingerprint density at radius 2 is 2.12 bits per heavy atom. The second-order valence-electron chi connectivity index (χ2n) is 4.92. The van der Waals surface area contributed by atoms with Gasteiger partial charge in [0.1, 0.15) is 0 Å². The van der Waals surface area contributed by atoms with Gasteiger partial charge in [0.15, 0.2) is 0 Å². The molecule has 96 valence electrons. The zero-order chi connectivity index (χ0) is 12.0. The molecule has 1 aliphatic rings. The van der Waals surface area contributed by atoms with Gasteiger partial charge in [-0.05, 0) is 32.4 Å². The summed E-state index contributed by atoms with van der Waals surface area (Å²) in [6, 6.07) is 0.717. The fraction of sp³-hybridized carbons (Fsp3) is 1.00. The first-order chi connectivity index (χ1) is 7.69. The van der Waals surface area contributed by atoms with Crippen LogP contribution in [0.5, 0.6) is 0 Å². The Bertz CT molecular complexity index is 187. The first-order valence-electron chi connectivity index (χ1n) is 6.75. The van der Waals surface area contributed by atoms with E-state index in [0.717, 1.165) is 24.3 Å². The van der Waals surface area contributed by atoms with Gasteiger partial charge in [-0.3, -0.25) is 4.90 Å². The van der Waals surface area contributed by atoms with E-state index in [1.165, 1.54) is 25.3 Å². The highest BCUT2D eigenvalue weighted by Crippen LogP contribution is 2.24. The number of nitrogens with one attached hydrogen (secondary N) is 1. The fourth-order valence-electron chi connectivity index (χ4n) is 2.26. The Morgan fingerprint density at radius 1 is 1.38 bits per heavy atom. The average Bonchev–Trinajstić information content (AvgIpc) is 2.35. The van der Waals surface area contributed by atoms with Crippen molar-refractivity contribution in [2.75, 3.05) is 31.9 Å². The minimum atomic E-state index is 0.717. The molecule has 3 heteroatoms. The zero-order valence-electron chi connectivity index (χ0n) is 11.3. The molecule has 0 aliphatic carbocycles. The molecular formula is C13H28N2S. The van der Waals surface area contributed by atoms with Crippen LogP contribution in [-0.4, -0.2) is 48.1 Å². The molecule has 0 spiro atoms. The molecule has 1 saturated heterocycles. The third-order valence-electron chi connectivity index (χ3n) is 3.74. The predicted octanol–water partition coefficient (Wildman–Crippen LogP) is 2.45. The van der Waals surface area contributed by atoms with Crippen molar-refractivity contribution in [3.05, 3.63) is 0 Å². The van der Waals surface area contributed by atoms with Crippen LogP contribution >= 0.6 is 11.8 Å². The molecular weight excluding hydrogens is 216 g/mol. The van der Waals surface area contributed by atoms with Crippen molar-refractivity contribution in [1.82, 2.24) is 10.2 Å². The Kier molecular flexibility index (Phi) is 6.78. The average molecular weight is 244 g/mol. The topological polar surface area (TPSA) is 15.3 Å². The molecule has 1 N–H and O–H groups in total. The molecule has 3 unspecified atom stereocenters. The first-order valence-corrected chi connectivity index (χ1v) is 7.80. The molecule has 0 bridgehead atoms. The highest BCUT2D eigenvalue weighted by atomic mass is 32.2. The molecule has 0 aromatic carbocycles. The van der Waals surface area contributed by atoms with Gasteiger partial charge in [-0.15, -0.1) is 0 Å². The van der Waals surface area contributed by atoms with Crippen LogP contribution in [0.3, 0.4) is 0 Å². The lowest BCUT2D eigenvalue weighted by Gasteiger charge is -2.38. The molecule has 1 aliphatic heterocycles. The van der Waals surface area contributed by atoms with E-state index in [2.05, 4.69) is 49.7 Å². The van der Waals surface area contributed by atoms with Crippen LogP contribution in [0.25, 0.3) is 0 Å². The monoisotopic (exact) mass is 244 g/mol. The summed E-state index contributed by atoms with van der Waals surface area (Å²) in [5.74, 6) is 2.07. The second kappa shape index (κ2) is 7.57. The summed E-state index contributed by atoms with van der Waals surface area (Å²) in [6.07, 6.45) is 1.31. The minimum Gasteiger partial charge on any atom is -0.317 e. The summed E-state index contributed by atoms with van der Waals surface area (Å²) in [5.41, 5.74) is 0. The minimum absolute atomic E-state index is 0.717. The van der Waals surface area contributed by atoms with Crippen molar-refractivity contribution < 1.29 is 0 Å². The second-order valence-corrected chi connectivity index (χ2v) is 6.33. The van der Waals surface area contributed by atoms with Crippen LogP contribution in [0.2, 0.25) is 0 Å². The van der Waals surface area contributed by atoms with E-state index >= 15 is 0 Å². The van der Waals surface area contributed by atoms with E-state index in [-0.39, 0.29) is 0 Å². The van der Waals surface area contributed by atoms with Gasteiger partial charge in [0.25, 0.3) is 0 Å². The third kappa shape index (κ3) is 4.27. The van der Waals surface area contributed by atoms with Gasteiger partial charge in [0.05, 0.1) is 0 Å². The smallest absolute Gasteiger partial charge is 0.0172 e. The van der Waals surface area contributed by atoms with Gasteiger partial charge < -0.3 is 5.32 Å². The van der Waals surface area contributed by atoms with Crippen LogP contribution in [0.1, 0.15) is 34.1 Å².